The molecule has 0 spiro atoms. The lowest BCUT2D eigenvalue weighted by molar-refractivity contribution is -0.206. The van der Waals surface area contributed by atoms with Crippen molar-refractivity contribution in [3.05, 3.63) is 29.8 Å². The number of alkyl halides is 3. The highest BCUT2D eigenvalue weighted by molar-refractivity contribution is 5.29. The fourth-order valence-electron chi connectivity index (χ4n) is 1.30. The Bertz CT molecular complexity index is 354. The van der Waals surface area contributed by atoms with Crippen molar-refractivity contribution in [3.8, 4) is 5.75 Å². The second-order valence-electron chi connectivity index (χ2n) is 3.83. The predicted octanol–water partition coefficient (Wildman–Crippen LogP) is 2.82. The van der Waals surface area contributed by atoms with Crippen LogP contribution in [0.2, 0.25) is 0 Å². The predicted molar refractivity (Wildman–Crippen MR) is 51.1 cm³/mol. The van der Waals surface area contributed by atoms with Gasteiger partial charge < -0.3 is 9.84 Å². The Kier molecular flexibility index (Phi) is 2.80. The largest absolute Gasteiger partial charge is 0.490 e. The molecular weight excluding hydrogens is 221 g/mol. The summed E-state index contributed by atoms with van der Waals surface area (Å²) in [4.78, 5) is 0. The quantitative estimate of drug-likeness (QED) is 0.868. The summed E-state index contributed by atoms with van der Waals surface area (Å²) in [5, 5.41) is 8.98. The maximum Gasteiger partial charge on any atom is 0.418 e. The smallest absolute Gasteiger partial charge is 0.418 e. The van der Waals surface area contributed by atoms with E-state index in [4.69, 9.17) is 9.84 Å². The molecular formula is C11H11F3O2. The molecule has 1 fully saturated rings. The zero-order valence-corrected chi connectivity index (χ0v) is 8.37. The lowest BCUT2D eigenvalue weighted by Crippen LogP contribution is -2.20. The molecule has 0 radical (unpaired) electrons. The van der Waals surface area contributed by atoms with E-state index in [0.29, 0.717) is 5.75 Å². The molecule has 1 N–H and O–H groups in total. The van der Waals surface area contributed by atoms with E-state index in [-0.39, 0.29) is 11.7 Å². The van der Waals surface area contributed by atoms with Crippen LogP contribution in [0.4, 0.5) is 13.2 Å². The van der Waals surface area contributed by atoms with E-state index in [1.807, 2.05) is 0 Å². The van der Waals surface area contributed by atoms with Gasteiger partial charge in [0.1, 0.15) is 5.75 Å². The summed E-state index contributed by atoms with van der Waals surface area (Å²) < 4.78 is 41.9. The maximum absolute atomic E-state index is 12.2. The summed E-state index contributed by atoms with van der Waals surface area (Å²) in [5.41, 5.74) is -0.171. The Balaban J connectivity index is 2.05. The van der Waals surface area contributed by atoms with Gasteiger partial charge in [-0.1, -0.05) is 12.1 Å². The fourth-order valence-corrected chi connectivity index (χ4v) is 1.30. The third-order valence-corrected chi connectivity index (χ3v) is 2.33. The zero-order chi connectivity index (χ0) is 11.8. The van der Waals surface area contributed by atoms with Crippen molar-refractivity contribution < 1.29 is 23.0 Å². The van der Waals surface area contributed by atoms with E-state index in [0.717, 1.165) is 12.8 Å². The Labute approximate surface area is 90.7 Å². The van der Waals surface area contributed by atoms with Gasteiger partial charge in [-0.3, -0.25) is 0 Å². The highest BCUT2D eigenvalue weighted by atomic mass is 19.4. The second-order valence-corrected chi connectivity index (χ2v) is 3.83. The molecule has 88 valence electrons. The molecule has 2 rings (SSSR count). The summed E-state index contributed by atoms with van der Waals surface area (Å²) >= 11 is 0. The molecule has 1 atom stereocenters. The molecule has 1 aromatic carbocycles. The summed E-state index contributed by atoms with van der Waals surface area (Å²) in [5.74, 6) is 0.542. The zero-order valence-electron chi connectivity index (χ0n) is 8.37. The van der Waals surface area contributed by atoms with Crippen LogP contribution in [-0.4, -0.2) is 17.4 Å². The van der Waals surface area contributed by atoms with Crippen molar-refractivity contribution >= 4 is 0 Å². The van der Waals surface area contributed by atoms with Crippen LogP contribution in [-0.2, 0) is 0 Å². The van der Waals surface area contributed by atoms with Crippen molar-refractivity contribution in [3.63, 3.8) is 0 Å². The van der Waals surface area contributed by atoms with Gasteiger partial charge in [-0.2, -0.15) is 13.2 Å². The van der Waals surface area contributed by atoms with Crippen LogP contribution in [0.3, 0.4) is 0 Å². The summed E-state index contributed by atoms with van der Waals surface area (Å²) in [6, 6.07) is 5.36. The van der Waals surface area contributed by atoms with Gasteiger partial charge in [-0.05, 0) is 30.5 Å². The van der Waals surface area contributed by atoms with Crippen molar-refractivity contribution in [1.29, 1.82) is 0 Å². The molecule has 5 heteroatoms. The van der Waals surface area contributed by atoms with Gasteiger partial charge in [-0.25, -0.2) is 0 Å². The topological polar surface area (TPSA) is 29.5 Å². The third-order valence-electron chi connectivity index (χ3n) is 2.33. The number of hydrogen-bond donors (Lipinski definition) is 1. The molecule has 1 aliphatic rings. The molecule has 0 amide bonds. The number of ether oxygens (including phenoxy) is 1. The Morgan fingerprint density at radius 2 is 1.75 bits per heavy atom. The normalized spacial score (nSPS) is 18.2. The van der Waals surface area contributed by atoms with Gasteiger partial charge in [0, 0.05) is 0 Å². The Morgan fingerprint density at radius 1 is 1.19 bits per heavy atom. The van der Waals surface area contributed by atoms with Gasteiger partial charge in [-0.15, -0.1) is 0 Å². The number of rotatable bonds is 3. The lowest BCUT2D eigenvalue weighted by Gasteiger charge is -2.15. The molecule has 1 aliphatic carbocycles. The van der Waals surface area contributed by atoms with Crippen molar-refractivity contribution in [2.24, 2.45) is 0 Å². The number of aliphatic hydroxyl groups excluding tert-OH is 1. The molecule has 0 bridgehead atoms. The van der Waals surface area contributed by atoms with E-state index in [1.165, 1.54) is 24.3 Å². The first-order valence-corrected chi connectivity index (χ1v) is 4.98. The van der Waals surface area contributed by atoms with Gasteiger partial charge in [0.25, 0.3) is 0 Å². The monoisotopic (exact) mass is 232 g/mol. The fraction of sp³-hybridized carbons (Fsp3) is 0.455. The molecule has 0 heterocycles. The first kappa shape index (κ1) is 11.3. The molecule has 0 saturated heterocycles. The van der Waals surface area contributed by atoms with E-state index in [1.54, 1.807) is 0 Å². The van der Waals surface area contributed by atoms with Crippen LogP contribution >= 0.6 is 0 Å². The van der Waals surface area contributed by atoms with E-state index in [2.05, 4.69) is 0 Å². The van der Waals surface area contributed by atoms with Crippen molar-refractivity contribution in [2.45, 2.75) is 31.2 Å². The minimum atomic E-state index is -4.63. The van der Waals surface area contributed by atoms with E-state index < -0.39 is 12.3 Å². The first-order chi connectivity index (χ1) is 7.47. The van der Waals surface area contributed by atoms with Crippen molar-refractivity contribution in [2.75, 3.05) is 0 Å². The molecule has 2 nitrogen and oxygen atoms in total. The average molecular weight is 232 g/mol. The number of aliphatic hydroxyl groups is 1. The minimum Gasteiger partial charge on any atom is -0.490 e. The van der Waals surface area contributed by atoms with Gasteiger partial charge >= 0.3 is 6.18 Å². The highest BCUT2D eigenvalue weighted by Gasteiger charge is 2.39. The molecule has 16 heavy (non-hydrogen) atoms. The molecule has 0 aliphatic heterocycles. The summed E-state index contributed by atoms with van der Waals surface area (Å²) in [6.07, 6.45) is -4.86. The second kappa shape index (κ2) is 3.97. The average Bonchev–Trinajstić information content (AvgIpc) is 3.00. The van der Waals surface area contributed by atoms with Gasteiger partial charge in [0.15, 0.2) is 6.10 Å². The van der Waals surface area contributed by atoms with Crippen LogP contribution in [0, 0.1) is 0 Å². The molecule has 1 saturated carbocycles. The molecule has 1 aromatic rings. The number of benzene rings is 1. The Morgan fingerprint density at radius 3 is 2.19 bits per heavy atom. The summed E-state index contributed by atoms with van der Waals surface area (Å²) in [6.45, 7) is 0. The van der Waals surface area contributed by atoms with Crippen LogP contribution in [0.1, 0.15) is 24.5 Å². The lowest BCUT2D eigenvalue weighted by atomic mass is 10.1. The van der Waals surface area contributed by atoms with Crippen LogP contribution < -0.4 is 4.74 Å². The standard InChI is InChI=1S/C11H11F3O2/c12-11(13,14)10(15)7-1-3-8(4-2-7)16-9-5-6-9/h1-4,9-10,15H,5-6H2/t10-/m0/s1. The maximum atomic E-state index is 12.2. The number of hydrogen-bond acceptors (Lipinski definition) is 2. The Hall–Kier alpha value is -1.23. The third kappa shape index (κ3) is 2.66. The van der Waals surface area contributed by atoms with Crippen LogP contribution in [0.25, 0.3) is 0 Å². The van der Waals surface area contributed by atoms with E-state index >= 15 is 0 Å². The summed E-state index contributed by atoms with van der Waals surface area (Å²) in [7, 11) is 0. The minimum absolute atomic E-state index is 0.171. The van der Waals surface area contributed by atoms with Gasteiger partial charge in [0.2, 0.25) is 0 Å². The van der Waals surface area contributed by atoms with Crippen molar-refractivity contribution in [1.82, 2.24) is 0 Å². The molecule has 0 unspecified atom stereocenters. The number of halogens is 3. The van der Waals surface area contributed by atoms with Gasteiger partial charge in [0.05, 0.1) is 6.10 Å². The van der Waals surface area contributed by atoms with Crippen LogP contribution in [0.15, 0.2) is 24.3 Å². The van der Waals surface area contributed by atoms with E-state index in [9.17, 15) is 13.2 Å². The highest BCUT2D eigenvalue weighted by Crippen LogP contribution is 2.33. The van der Waals surface area contributed by atoms with Crippen LogP contribution in [0.5, 0.6) is 5.75 Å². The first-order valence-electron chi connectivity index (χ1n) is 4.98. The molecule has 0 aromatic heterocycles. The SMILES string of the molecule is O[C@@H](c1ccc(OC2CC2)cc1)C(F)(F)F.